The summed E-state index contributed by atoms with van der Waals surface area (Å²) in [5.41, 5.74) is 4.04. The number of nitrogens with zero attached hydrogens (tertiary/aromatic N) is 3. The molecule has 0 bridgehead atoms. The van der Waals surface area contributed by atoms with Gasteiger partial charge in [0.2, 0.25) is 0 Å². The first kappa shape index (κ1) is 32.4. The van der Waals surface area contributed by atoms with Crippen molar-refractivity contribution in [1.29, 1.82) is 0 Å². The highest BCUT2D eigenvalue weighted by Crippen LogP contribution is 2.38. The number of piperazine rings is 1. The molecule has 0 unspecified atom stereocenters. The van der Waals surface area contributed by atoms with E-state index in [0.717, 1.165) is 102 Å². The van der Waals surface area contributed by atoms with Crippen molar-refractivity contribution in [3.63, 3.8) is 0 Å². The Labute approximate surface area is 266 Å². The molecule has 2 aromatic carbocycles. The molecule has 2 aliphatic heterocycles. The van der Waals surface area contributed by atoms with Crippen molar-refractivity contribution in [2.45, 2.75) is 57.4 Å². The van der Waals surface area contributed by atoms with Gasteiger partial charge in [0.05, 0.1) is 0 Å². The number of aromatic amines is 1. The molecule has 0 atom stereocenters. The van der Waals surface area contributed by atoms with Crippen molar-refractivity contribution in [3.05, 3.63) is 69.3 Å². The van der Waals surface area contributed by atoms with E-state index < -0.39 is 0 Å². The van der Waals surface area contributed by atoms with E-state index in [1.165, 1.54) is 38.6 Å². The number of halogens is 4. The number of rotatable bonds is 6. The summed E-state index contributed by atoms with van der Waals surface area (Å²) < 4.78 is 0. The summed E-state index contributed by atoms with van der Waals surface area (Å²) in [4.78, 5) is 24.5. The molecule has 9 heteroatoms. The molecule has 0 spiro atoms. The van der Waals surface area contributed by atoms with Gasteiger partial charge in [-0.2, -0.15) is 0 Å². The summed E-state index contributed by atoms with van der Waals surface area (Å²) in [6.07, 6.45) is 8.95. The highest BCUT2D eigenvalue weighted by Gasteiger charge is 2.30. The van der Waals surface area contributed by atoms with Gasteiger partial charge in [0.15, 0.2) is 0 Å². The second kappa shape index (κ2) is 14.8. The molecule has 3 aliphatic rings. The van der Waals surface area contributed by atoms with E-state index in [1.807, 2.05) is 24.3 Å². The fourth-order valence-corrected chi connectivity index (χ4v) is 7.78. The zero-order valence-corrected chi connectivity index (χ0v) is 26.8. The van der Waals surface area contributed by atoms with E-state index in [9.17, 15) is 4.79 Å². The van der Waals surface area contributed by atoms with E-state index in [2.05, 4.69) is 37.9 Å². The number of aromatic nitrogens is 1. The normalized spacial score (nSPS) is 19.6. The van der Waals surface area contributed by atoms with Gasteiger partial charge in [-0.15, -0.1) is 24.8 Å². The molecule has 6 rings (SSSR count). The second-order valence-corrected chi connectivity index (χ2v) is 12.6. The monoisotopic (exact) mass is 638 g/mol. The van der Waals surface area contributed by atoms with Gasteiger partial charge in [-0.05, 0) is 74.4 Å². The van der Waals surface area contributed by atoms with Gasteiger partial charge in [0, 0.05) is 65.8 Å². The lowest BCUT2D eigenvalue weighted by Crippen LogP contribution is -2.50. The van der Waals surface area contributed by atoms with Crippen LogP contribution in [0.15, 0.2) is 42.5 Å². The van der Waals surface area contributed by atoms with Crippen LogP contribution in [-0.4, -0.2) is 71.4 Å². The van der Waals surface area contributed by atoms with Crippen LogP contribution in [0.3, 0.4) is 0 Å². The van der Waals surface area contributed by atoms with Gasteiger partial charge in [-0.3, -0.25) is 14.6 Å². The van der Waals surface area contributed by atoms with Gasteiger partial charge in [-0.25, -0.2) is 0 Å². The number of H-pyrrole nitrogens is 1. The molecule has 0 radical (unpaired) electrons. The number of para-hydroxylation sites is 1. The molecule has 1 saturated carbocycles. The number of carbonyl (C=O) groups excluding carboxylic acids is 1. The van der Waals surface area contributed by atoms with E-state index >= 15 is 0 Å². The maximum Gasteiger partial charge on any atom is 0.270 e. The average Bonchev–Trinajstić information content (AvgIpc) is 3.33. The molecule has 41 heavy (non-hydrogen) atoms. The Hall–Kier alpha value is -1.47. The predicted molar refractivity (Wildman–Crippen MR) is 175 cm³/mol. The molecule has 3 fully saturated rings. The summed E-state index contributed by atoms with van der Waals surface area (Å²) in [5, 5.41) is 2.70. The van der Waals surface area contributed by atoms with E-state index in [4.69, 9.17) is 23.2 Å². The second-order valence-electron chi connectivity index (χ2n) is 11.8. The largest absolute Gasteiger partial charge is 0.350 e. The molecular weight excluding hydrogens is 598 g/mol. The molecule has 5 nitrogen and oxygen atoms in total. The molecule has 1 amide bonds. The van der Waals surface area contributed by atoms with Crippen molar-refractivity contribution in [2.24, 2.45) is 5.92 Å². The van der Waals surface area contributed by atoms with Crippen LogP contribution in [0.25, 0.3) is 10.9 Å². The van der Waals surface area contributed by atoms with Crippen LogP contribution in [0.4, 0.5) is 0 Å². The third-order valence-corrected chi connectivity index (χ3v) is 9.96. The van der Waals surface area contributed by atoms with Gasteiger partial charge in [0.25, 0.3) is 5.91 Å². The minimum atomic E-state index is 0. The molecule has 2 saturated heterocycles. The summed E-state index contributed by atoms with van der Waals surface area (Å²) in [6.45, 7) is 7.48. The minimum Gasteiger partial charge on any atom is -0.350 e. The van der Waals surface area contributed by atoms with Crippen LogP contribution in [0, 0.1) is 5.92 Å². The lowest BCUT2D eigenvalue weighted by molar-refractivity contribution is 0.0599. The molecule has 3 aromatic rings. The van der Waals surface area contributed by atoms with Crippen LogP contribution in [-0.2, 0) is 6.54 Å². The van der Waals surface area contributed by atoms with E-state index in [-0.39, 0.29) is 30.7 Å². The molecular formula is C32H42Cl4N4O. The highest BCUT2D eigenvalue weighted by molar-refractivity contribution is 6.36. The van der Waals surface area contributed by atoms with Crippen molar-refractivity contribution < 1.29 is 4.79 Å². The average molecular weight is 641 g/mol. The summed E-state index contributed by atoms with van der Waals surface area (Å²) in [5.74, 6) is 1.37. The van der Waals surface area contributed by atoms with Crippen LogP contribution < -0.4 is 0 Å². The number of piperidine rings is 1. The Morgan fingerprint density at radius 3 is 2.12 bits per heavy atom. The number of fused-ring (bicyclic) bond motifs is 1. The Morgan fingerprint density at radius 1 is 0.780 bits per heavy atom. The van der Waals surface area contributed by atoms with Crippen molar-refractivity contribution in [2.75, 3.05) is 45.8 Å². The third kappa shape index (κ3) is 7.37. The Balaban J connectivity index is 0.00000194. The lowest BCUT2D eigenvalue weighted by atomic mass is 9.89. The quantitative estimate of drug-likeness (QED) is 0.297. The number of amides is 1. The van der Waals surface area contributed by atoms with Crippen molar-refractivity contribution in [3.8, 4) is 0 Å². The highest BCUT2D eigenvalue weighted by atomic mass is 35.5. The summed E-state index contributed by atoms with van der Waals surface area (Å²) >= 11 is 13.0. The first-order chi connectivity index (χ1) is 19.1. The number of nitrogens with one attached hydrogen (secondary N) is 1. The van der Waals surface area contributed by atoms with Gasteiger partial charge in [-0.1, -0.05) is 66.7 Å². The molecule has 224 valence electrons. The van der Waals surface area contributed by atoms with Crippen molar-refractivity contribution in [1.82, 2.24) is 19.7 Å². The standard InChI is InChI=1S/C32H40Cl2N4O.2ClH/c33-27-10-6-11-28(34)30(27)24-13-15-36(16-14-24)22-26-25-9-4-5-12-29(25)35-31(26)32(39)38-19-17-37(18-20-38)21-23-7-2-1-3-8-23;;/h4-6,9-12,23-24,35H,1-3,7-8,13-22H2;2*1H. The molecule has 1 aliphatic carbocycles. The maximum atomic E-state index is 13.9. The number of likely N-dealkylation sites (tertiary alicyclic amines) is 1. The van der Waals surface area contributed by atoms with Crippen LogP contribution in [0.1, 0.15) is 72.5 Å². The minimum absolute atomic E-state index is 0. The molecule has 1 aromatic heterocycles. The van der Waals surface area contributed by atoms with E-state index in [1.54, 1.807) is 0 Å². The maximum absolute atomic E-state index is 13.9. The smallest absolute Gasteiger partial charge is 0.270 e. The first-order valence-corrected chi connectivity index (χ1v) is 15.6. The summed E-state index contributed by atoms with van der Waals surface area (Å²) in [7, 11) is 0. The SMILES string of the molecule is Cl.Cl.O=C(c1[nH]c2ccccc2c1CN1CCC(c2c(Cl)cccc2Cl)CC1)N1CCN(CC2CCCCC2)CC1. The van der Waals surface area contributed by atoms with Crippen LogP contribution in [0.5, 0.6) is 0 Å². The Bertz CT molecular complexity index is 1270. The van der Waals surface area contributed by atoms with Gasteiger partial charge < -0.3 is 9.88 Å². The first-order valence-electron chi connectivity index (χ1n) is 14.8. The number of carbonyl (C=O) groups is 1. The lowest BCUT2D eigenvalue weighted by Gasteiger charge is -2.37. The number of hydrogen-bond donors (Lipinski definition) is 1. The fraction of sp³-hybridized carbons (Fsp3) is 0.531. The van der Waals surface area contributed by atoms with Crippen LogP contribution >= 0.6 is 48.0 Å². The Morgan fingerprint density at radius 2 is 1.44 bits per heavy atom. The Kier molecular flexibility index (Phi) is 11.7. The molecule has 1 N–H and O–H groups in total. The number of hydrogen-bond acceptors (Lipinski definition) is 3. The molecule has 3 heterocycles. The van der Waals surface area contributed by atoms with Crippen molar-refractivity contribution >= 4 is 64.8 Å². The topological polar surface area (TPSA) is 42.6 Å². The predicted octanol–water partition coefficient (Wildman–Crippen LogP) is 8.04. The van der Waals surface area contributed by atoms with E-state index in [0.29, 0.717) is 5.92 Å². The third-order valence-electron chi connectivity index (χ3n) is 9.31. The zero-order valence-electron chi connectivity index (χ0n) is 23.6. The van der Waals surface area contributed by atoms with Gasteiger partial charge in [0.1, 0.15) is 5.69 Å². The van der Waals surface area contributed by atoms with Crippen LogP contribution in [0.2, 0.25) is 10.0 Å². The summed E-state index contributed by atoms with van der Waals surface area (Å²) in [6, 6.07) is 14.1. The zero-order chi connectivity index (χ0) is 26.8. The number of benzene rings is 2. The van der Waals surface area contributed by atoms with Gasteiger partial charge >= 0.3 is 0 Å². The fourth-order valence-electron chi connectivity index (χ4n) is 7.08.